The third kappa shape index (κ3) is 5.62. The Balaban J connectivity index is 1.94. The molecule has 0 spiro atoms. The lowest BCUT2D eigenvalue weighted by atomic mass is 9.99. The first-order valence-electron chi connectivity index (χ1n) is 11.9. The fraction of sp³-hybridized carbons (Fsp3) is 0.269. The Bertz CT molecular complexity index is 1630. The zero-order chi connectivity index (χ0) is 28.5. The number of amides is 2. The number of carboxylic acid groups (broad SMARTS) is 1. The summed E-state index contributed by atoms with van der Waals surface area (Å²) in [7, 11) is 0. The van der Waals surface area contributed by atoms with Gasteiger partial charge in [0.25, 0.3) is 0 Å². The molecular formula is C26H24F3N5O4S. The van der Waals surface area contributed by atoms with Gasteiger partial charge in [0.1, 0.15) is 16.4 Å². The number of fused-ring (bicyclic) bond motifs is 1. The predicted octanol–water partition coefficient (Wildman–Crippen LogP) is 6.02. The van der Waals surface area contributed by atoms with Crippen molar-refractivity contribution < 1.29 is 27.9 Å². The SMILES string of the molecule is CCNC(=O)Nc1cc(-c2nc(C(F)(F)F)cs2)c(-c2ccc3c(c2)c(=O)c(C(=O)O)cn3[C@H](C)CC)cn1. The smallest absolute Gasteiger partial charge is 0.434 e. The van der Waals surface area contributed by atoms with Gasteiger partial charge in [0, 0.05) is 46.9 Å². The summed E-state index contributed by atoms with van der Waals surface area (Å²) in [5.41, 5.74) is -0.630. The van der Waals surface area contributed by atoms with Crippen LogP contribution in [0.4, 0.5) is 23.8 Å². The second kappa shape index (κ2) is 10.8. The van der Waals surface area contributed by atoms with Crippen LogP contribution >= 0.6 is 11.3 Å². The van der Waals surface area contributed by atoms with E-state index in [0.29, 0.717) is 29.6 Å². The number of halogens is 3. The van der Waals surface area contributed by atoms with Gasteiger partial charge in [0.05, 0.1) is 5.52 Å². The number of benzene rings is 1. The normalized spacial score (nSPS) is 12.4. The van der Waals surface area contributed by atoms with Crippen LogP contribution < -0.4 is 16.1 Å². The van der Waals surface area contributed by atoms with Crippen LogP contribution in [-0.2, 0) is 6.18 Å². The maximum absolute atomic E-state index is 13.3. The number of rotatable bonds is 7. The zero-order valence-electron chi connectivity index (χ0n) is 21.1. The fourth-order valence-corrected chi connectivity index (χ4v) is 4.87. The lowest BCUT2D eigenvalue weighted by molar-refractivity contribution is -0.140. The van der Waals surface area contributed by atoms with Gasteiger partial charge in [-0.05, 0) is 44.0 Å². The molecule has 0 unspecified atom stereocenters. The predicted molar refractivity (Wildman–Crippen MR) is 142 cm³/mol. The highest BCUT2D eigenvalue weighted by atomic mass is 32.1. The van der Waals surface area contributed by atoms with Gasteiger partial charge >= 0.3 is 18.2 Å². The number of carboxylic acids is 1. The van der Waals surface area contributed by atoms with E-state index in [-0.39, 0.29) is 27.8 Å². The monoisotopic (exact) mass is 559 g/mol. The van der Waals surface area contributed by atoms with Gasteiger partial charge in [-0.1, -0.05) is 13.0 Å². The number of pyridine rings is 2. The van der Waals surface area contributed by atoms with Crippen LogP contribution in [-0.4, -0.2) is 38.2 Å². The number of aromatic carboxylic acids is 1. The van der Waals surface area contributed by atoms with Crippen molar-refractivity contribution in [3.63, 3.8) is 0 Å². The van der Waals surface area contributed by atoms with Crippen LogP contribution in [0.1, 0.15) is 49.3 Å². The first kappa shape index (κ1) is 27.8. The summed E-state index contributed by atoms with van der Waals surface area (Å²) in [4.78, 5) is 44.9. The number of anilines is 1. The first-order valence-corrected chi connectivity index (χ1v) is 12.8. The largest absolute Gasteiger partial charge is 0.477 e. The highest BCUT2D eigenvalue weighted by Crippen LogP contribution is 2.39. The lowest BCUT2D eigenvalue weighted by Gasteiger charge is -2.19. The summed E-state index contributed by atoms with van der Waals surface area (Å²) < 4.78 is 41.7. The lowest BCUT2D eigenvalue weighted by Crippen LogP contribution is -2.28. The Labute approximate surface area is 224 Å². The summed E-state index contributed by atoms with van der Waals surface area (Å²) in [6.45, 7) is 5.90. The van der Waals surface area contributed by atoms with Crippen LogP contribution in [0, 0.1) is 0 Å². The summed E-state index contributed by atoms with van der Waals surface area (Å²) in [5.74, 6) is -1.29. The molecule has 39 heavy (non-hydrogen) atoms. The van der Waals surface area contributed by atoms with E-state index in [4.69, 9.17) is 0 Å². The van der Waals surface area contributed by atoms with Gasteiger partial charge in [-0.25, -0.2) is 19.6 Å². The molecule has 1 aromatic carbocycles. The van der Waals surface area contributed by atoms with E-state index in [1.165, 1.54) is 24.5 Å². The van der Waals surface area contributed by atoms with Crippen molar-refractivity contribution in [1.29, 1.82) is 0 Å². The third-order valence-corrected chi connectivity index (χ3v) is 7.02. The Morgan fingerprint density at radius 1 is 1.18 bits per heavy atom. The van der Waals surface area contributed by atoms with Crippen molar-refractivity contribution in [3.8, 4) is 21.7 Å². The highest BCUT2D eigenvalue weighted by molar-refractivity contribution is 7.13. The van der Waals surface area contributed by atoms with E-state index >= 15 is 0 Å². The molecule has 0 aliphatic carbocycles. The molecule has 13 heteroatoms. The molecule has 2 amide bonds. The van der Waals surface area contributed by atoms with Gasteiger partial charge in [-0.2, -0.15) is 13.2 Å². The van der Waals surface area contributed by atoms with Gasteiger partial charge in [0.2, 0.25) is 5.43 Å². The van der Waals surface area contributed by atoms with Crippen LogP contribution in [0.2, 0.25) is 0 Å². The molecule has 0 aliphatic heterocycles. The first-order chi connectivity index (χ1) is 18.4. The van der Waals surface area contributed by atoms with Crippen molar-refractivity contribution >= 4 is 40.1 Å². The number of hydrogen-bond donors (Lipinski definition) is 3. The molecular weight excluding hydrogens is 535 g/mol. The van der Waals surface area contributed by atoms with Gasteiger partial charge in [-0.15, -0.1) is 11.3 Å². The van der Waals surface area contributed by atoms with E-state index in [2.05, 4.69) is 20.6 Å². The van der Waals surface area contributed by atoms with E-state index < -0.39 is 34.9 Å². The highest BCUT2D eigenvalue weighted by Gasteiger charge is 2.34. The number of nitrogens with zero attached hydrogens (tertiary/aromatic N) is 3. The van der Waals surface area contributed by atoms with Gasteiger partial charge in [0.15, 0.2) is 5.69 Å². The summed E-state index contributed by atoms with van der Waals surface area (Å²) in [6, 6.07) is 5.59. The minimum atomic E-state index is -4.65. The second-order valence-corrected chi connectivity index (χ2v) is 9.57. The maximum Gasteiger partial charge on any atom is 0.434 e. The quantitative estimate of drug-likeness (QED) is 0.254. The second-order valence-electron chi connectivity index (χ2n) is 8.71. The zero-order valence-corrected chi connectivity index (χ0v) is 21.9. The molecule has 0 aliphatic rings. The molecule has 0 bridgehead atoms. The average molecular weight is 560 g/mol. The fourth-order valence-electron chi connectivity index (χ4n) is 4.02. The van der Waals surface area contributed by atoms with Crippen LogP contribution in [0.3, 0.4) is 0 Å². The molecule has 0 fully saturated rings. The third-order valence-electron chi connectivity index (χ3n) is 6.15. The molecule has 3 aromatic heterocycles. The van der Waals surface area contributed by atoms with Crippen molar-refractivity contribution in [3.05, 3.63) is 63.5 Å². The van der Waals surface area contributed by atoms with E-state index in [9.17, 15) is 32.7 Å². The van der Waals surface area contributed by atoms with Crippen molar-refractivity contribution in [2.45, 2.75) is 39.4 Å². The summed E-state index contributed by atoms with van der Waals surface area (Å²) >= 11 is 0.768. The Morgan fingerprint density at radius 2 is 1.92 bits per heavy atom. The van der Waals surface area contributed by atoms with Crippen LogP contribution in [0.5, 0.6) is 0 Å². The van der Waals surface area contributed by atoms with E-state index in [1.54, 1.807) is 23.6 Å². The molecule has 0 saturated heterocycles. The molecule has 3 heterocycles. The van der Waals surface area contributed by atoms with Crippen molar-refractivity contribution in [1.82, 2.24) is 19.9 Å². The number of aromatic nitrogens is 3. The van der Waals surface area contributed by atoms with Crippen molar-refractivity contribution in [2.24, 2.45) is 0 Å². The number of nitrogens with one attached hydrogen (secondary N) is 2. The minimum Gasteiger partial charge on any atom is -0.477 e. The molecule has 4 aromatic rings. The number of urea groups is 1. The molecule has 9 nitrogen and oxygen atoms in total. The molecule has 4 rings (SSSR count). The number of alkyl halides is 3. The number of hydrogen-bond acceptors (Lipinski definition) is 6. The standard InChI is InChI=1S/C26H24F3N5O4S/c1-4-13(3)34-11-18(24(36)37)22(35)16-8-14(6-7-19(16)34)17-10-31-21(33-25(38)30-5-2)9-15(17)23-32-20(12-39-23)26(27,28)29/h6-13H,4-5H2,1-3H3,(H,36,37)(H2,30,31,33,38)/t13-/m1/s1. The van der Waals surface area contributed by atoms with Crippen LogP contribution in [0.15, 0.2) is 46.8 Å². The molecule has 204 valence electrons. The minimum absolute atomic E-state index is 0.0232. The van der Waals surface area contributed by atoms with Gasteiger partial charge in [-0.3, -0.25) is 10.1 Å². The number of carbonyl (C=O) groups is 2. The Morgan fingerprint density at radius 3 is 2.54 bits per heavy atom. The topological polar surface area (TPSA) is 126 Å². The molecule has 1 atom stereocenters. The summed E-state index contributed by atoms with van der Waals surface area (Å²) in [6.07, 6.45) is -1.29. The maximum atomic E-state index is 13.3. The molecule has 3 N–H and O–H groups in total. The summed E-state index contributed by atoms with van der Waals surface area (Å²) in [5, 5.41) is 15.8. The van der Waals surface area contributed by atoms with E-state index in [0.717, 1.165) is 16.7 Å². The van der Waals surface area contributed by atoms with Crippen molar-refractivity contribution in [2.75, 3.05) is 11.9 Å². The number of carbonyl (C=O) groups excluding carboxylic acids is 1. The Kier molecular flexibility index (Phi) is 7.72. The van der Waals surface area contributed by atoms with E-state index in [1.807, 2.05) is 13.8 Å². The average Bonchev–Trinajstić information content (AvgIpc) is 3.39. The van der Waals surface area contributed by atoms with Crippen LogP contribution in [0.25, 0.3) is 32.6 Å². The Hall–Kier alpha value is -4.26. The molecule has 0 radical (unpaired) electrons. The molecule has 0 saturated carbocycles. The van der Waals surface area contributed by atoms with Gasteiger partial charge < -0.3 is 15.0 Å². The number of thiazole rings is 1.